The van der Waals surface area contributed by atoms with Crippen molar-refractivity contribution in [1.82, 2.24) is 14.3 Å². The van der Waals surface area contributed by atoms with E-state index < -0.39 is 15.9 Å². The summed E-state index contributed by atoms with van der Waals surface area (Å²) in [5.41, 5.74) is 6.64. The van der Waals surface area contributed by atoms with Gasteiger partial charge in [-0.1, -0.05) is 11.6 Å². The van der Waals surface area contributed by atoms with Gasteiger partial charge in [0.1, 0.15) is 4.90 Å². The number of nitrogens with two attached hydrogens (primary N) is 1. The van der Waals surface area contributed by atoms with Crippen LogP contribution in [-0.2, 0) is 23.0 Å². The highest BCUT2D eigenvalue weighted by Gasteiger charge is 2.31. The number of carbonyl (C=O) groups is 1. The third kappa shape index (κ3) is 3.19. The SMILES string of the molecule is N#Cc1ccc(S(=O)(=O)N2CCc3cnc(C(N)=O)nc3C2)c(Cl)c1. The Morgan fingerprint density at radius 1 is 1.40 bits per heavy atom. The number of carbonyl (C=O) groups excluding carboxylic acids is 1. The lowest BCUT2D eigenvalue weighted by Crippen LogP contribution is -2.37. The van der Waals surface area contributed by atoms with Crippen molar-refractivity contribution >= 4 is 27.5 Å². The number of fused-ring (bicyclic) bond motifs is 1. The molecule has 1 aliphatic heterocycles. The minimum Gasteiger partial charge on any atom is -0.363 e. The van der Waals surface area contributed by atoms with Gasteiger partial charge in [0.25, 0.3) is 5.91 Å². The third-order valence-corrected chi connectivity index (χ3v) is 6.14. The van der Waals surface area contributed by atoms with Crippen molar-refractivity contribution in [2.45, 2.75) is 17.9 Å². The Labute approximate surface area is 148 Å². The fourth-order valence-electron chi connectivity index (χ4n) is 2.52. The molecule has 2 N–H and O–H groups in total. The molecular formula is C15H12ClN5O3S. The molecule has 0 saturated heterocycles. The van der Waals surface area contributed by atoms with Gasteiger partial charge in [0.15, 0.2) is 0 Å². The van der Waals surface area contributed by atoms with Crippen molar-refractivity contribution in [1.29, 1.82) is 5.26 Å². The molecule has 8 nitrogen and oxygen atoms in total. The molecule has 0 atom stereocenters. The minimum atomic E-state index is -3.88. The predicted octanol–water partition coefficient (Wildman–Crippen LogP) is 0.848. The quantitative estimate of drug-likeness (QED) is 0.843. The Hall–Kier alpha value is -2.54. The highest BCUT2D eigenvalue weighted by Crippen LogP contribution is 2.29. The third-order valence-electron chi connectivity index (χ3n) is 3.81. The Bertz CT molecular complexity index is 1020. The number of primary amides is 1. The average Bonchev–Trinajstić information content (AvgIpc) is 2.60. The molecule has 10 heteroatoms. The van der Waals surface area contributed by atoms with Crippen molar-refractivity contribution in [3.63, 3.8) is 0 Å². The molecule has 1 aromatic heterocycles. The van der Waals surface area contributed by atoms with E-state index in [1.165, 1.54) is 28.7 Å². The van der Waals surface area contributed by atoms with Crippen molar-refractivity contribution in [3.8, 4) is 6.07 Å². The fourth-order valence-corrected chi connectivity index (χ4v) is 4.44. The number of halogens is 1. The summed E-state index contributed by atoms with van der Waals surface area (Å²) in [6.07, 6.45) is 1.89. The van der Waals surface area contributed by atoms with E-state index in [0.29, 0.717) is 12.1 Å². The first kappa shape index (κ1) is 17.3. The van der Waals surface area contributed by atoms with Crippen LogP contribution in [0.1, 0.15) is 27.4 Å². The zero-order valence-corrected chi connectivity index (χ0v) is 14.4. The van der Waals surface area contributed by atoms with Crippen LogP contribution >= 0.6 is 11.6 Å². The molecule has 1 amide bonds. The molecule has 0 spiro atoms. The van der Waals surface area contributed by atoms with Crippen LogP contribution in [0.4, 0.5) is 0 Å². The van der Waals surface area contributed by atoms with Crippen LogP contribution in [0, 0.1) is 11.3 Å². The van der Waals surface area contributed by atoms with E-state index in [0.717, 1.165) is 5.56 Å². The number of rotatable bonds is 3. The smallest absolute Gasteiger partial charge is 0.286 e. The lowest BCUT2D eigenvalue weighted by atomic mass is 10.1. The Balaban J connectivity index is 1.96. The van der Waals surface area contributed by atoms with Gasteiger partial charge < -0.3 is 5.73 Å². The van der Waals surface area contributed by atoms with Crippen LogP contribution < -0.4 is 5.73 Å². The van der Waals surface area contributed by atoms with Gasteiger partial charge in [0.2, 0.25) is 15.8 Å². The molecule has 2 aromatic rings. The summed E-state index contributed by atoms with van der Waals surface area (Å²) in [6, 6.07) is 5.91. The molecule has 0 unspecified atom stereocenters. The summed E-state index contributed by atoms with van der Waals surface area (Å²) in [4.78, 5) is 19.0. The molecular weight excluding hydrogens is 366 g/mol. The van der Waals surface area contributed by atoms with E-state index in [4.69, 9.17) is 22.6 Å². The zero-order valence-electron chi connectivity index (χ0n) is 12.8. The van der Waals surface area contributed by atoms with Gasteiger partial charge >= 0.3 is 0 Å². The second-order valence-electron chi connectivity index (χ2n) is 5.38. The predicted molar refractivity (Wildman–Crippen MR) is 88.0 cm³/mol. The van der Waals surface area contributed by atoms with Crippen LogP contribution in [0.3, 0.4) is 0 Å². The second kappa shape index (κ2) is 6.40. The van der Waals surface area contributed by atoms with Crippen molar-refractivity contribution < 1.29 is 13.2 Å². The van der Waals surface area contributed by atoms with E-state index in [1.807, 2.05) is 6.07 Å². The van der Waals surface area contributed by atoms with Crippen molar-refractivity contribution in [2.24, 2.45) is 5.73 Å². The minimum absolute atomic E-state index is 0.0171. The number of hydrogen-bond acceptors (Lipinski definition) is 6. The average molecular weight is 378 g/mol. The van der Waals surface area contributed by atoms with E-state index >= 15 is 0 Å². The van der Waals surface area contributed by atoms with Gasteiger partial charge in [0.05, 0.1) is 28.9 Å². The molecule has 0 saturated carbocycles. The van der Waals surface area contributed by atoms with Gasteiger partial charge in [0, 0.05) is 12.7 Å². The summed E-state index contributed by atoms with van der Waals surface area (Å²) in [6.45, 7) is 0.210. The zero-order chi connectivity index (χ0) is 18.2. The van der Waals surface area contributed by atoms with E-state index in [1.54, 1.807) is 0 Å². The summed E-state index contributed by atoms with van der Waals surface area (Å²) >= 11 is 6.04. The Kier molecular flexibility index (Phi) is 4.43. The molecule has 128 valence electrons. The number of aromatic nitrogens is 2. The molecule has 1 aromatic carbocycles. The van der Waals surface area contributed by atoms with Crippen LogP contribution in [0.25, 0.3) is 0 Å². The van der Waals surface area contributed by atoms with E-state index in [2.05, 4.69) is 9.97 Å². The van der Waals surface area contributed by atoms with Crippen LogP contribution in [0.5, 0.6) is 0 Å². The molecule has 2 heterocycles. The number of hydrogen-bond donors (Lipinski definition) is 1. The summed E-state index contributed by atoms with van der Waals surface area (Å²) < 4.78 is 26.9. The lowest BCUT2D eigenvalue weighted by molar-refractivity contribution is 0.0990. The normalized spacial score (nSPS) is 14.6. The van der Waals surface area contributed by atoms with Crippen LogP contribution in [-0.4, -0.2) is 35.1 Å². The first-order valence-electron chi connectivity index (χ1n) is 7.17. The standard InChI is InChI=1S/C15H12ClN5O3S/c16-11-5-9(6-17)1-2-13(11)25(23,24)21-4-3-10-7-19-15(14(18)22)20-12(10)8-21/h1-2,5,7H,3-4,8H2,(H2,18,22). The Morgan fingerprint density at radius 2 is 2.16 bits per heavy atom. The number of nitriles is 1. The van der Waals surface area contributed by atoms with E-state index in [-0.39, 0.29) is 34.4 Å². The second-order valence-corrected chi connectivity index (χ2v) is 7.69. The largest absolute Gasteiger partial charge is 0.363 e. The fraction of sp³-hybridized carbons (Fsp3) is 0.200. The lowest BCUT2D eigenvalue weighted by Gasteiger charge is -2.27. The maximum atomic E-state index is 12.9. The molecule has 1 aliphatic rings. The Morgan fingerprint density at radius 3 is 2.80 bits per heavy atom. The van der Waals surface area contributed by atoms with Crippen LogP contribution in [0.15, 0.2) is 29.3 Å². The van der Waals surface area contributed by atoms with Gasteiger partial charge in [-0.3, -0.25) is 4.79 Å². The monoisotopic (exact) mass is 377 g/mol. The maximum absolute atomic E-state index is 12.9. The van der Waals surface area contributed by atoms with Gasteiger partial charge in [-0.2, -0.15) is 9.57 Å². The summed E-state index contributed by atoms with van der Waals surface area (Å²) in [5, 5.41) is 8.84. The topological polar surface area (TPSA) is 130 Å². The maximum Gasteiger partial charge on any atom is 0.286 e. The van der Waals surface area contributed by atoms with Crippen molar-refractivity contribution in [3.05, 3.63) is 52.1 Å². The molecule has 0 bridgehead atoms. The number of nitrogens with zero attached hydrogens (tertiary/aromatic N) is 4. The van der Waals surface area contributed by atoms with Crippen molar-refractivity contribution in [2.75, 3.05) is 6.54 Å². The summed E-state index contributed by atoms with van der Waals surface area (Å²) in [7, 11) is -3.88. The van der Waals surface area contributed by atoms with E-state index in [9.17, 15) is 13.2 Å². The van der Waals surface area contributed by atoms with Gasteiger partial charge in [-0.05, 0) is 30.2 Å². The molecule has 0 radical (unpaired) electrons. The number of sulfonamides is 1. The first-order chi connectivity index (χ1) is 11.8. The molecule has 0 fully saturated rings. The molecule has 25 heavy (non-hydrogen) atoms. The molecule has 0 aliphatic carbocycles. The number of benzene rings is 1. The highest BCUT2D eigenvalue weighted by molar-refractivity contribution is 7.89. The highest BCUT2D eigenvalue weighted by atomic mass is 35.5. The van der Waals surface area contributed by atoms with Crippen LogP contribution in [0.2, 0.25) is 5.02 Å². The first-order valence-corrected chi connectivity index (χ1v) is 8.99. The summed E-state index contributed by atoms with van der Waals surface area (Å²) in [5.74, 6) is -0.938. The number of amides is 1. The van der Waals surface area contributed by atoms with Gasteiger partial charge in [-0.15, -0.1) is 0 Å². The molecule has 3 rings (SSSR count). The van der Waals surface area contributed by atoms with Gasteiger partial charge in [-0.25, -0.2) is 18.4 Å².